The zero-order valence-electron chi connectivity index (χ0n) is 10.8. The van der Waals surface area contributed by atoms with Crippen LogP contribution in [0, 0.1) is 17.8 Å². The maximum absolute atomic E-state index is 11.9. The number of nitrogens with zero attached hydrogens (tertiary/aromatic N) is 1. The van der Waals surface area contributed by atoms with Crippen LogP contribution in [0.1, 0.15) is 40.5 Å². The number of likely N-dealkylation sites (tertiary alicyclic amines) is 1. The summed E-state index contributed by atoms with van der Waals surface area (Å²) in [4.78, 5) is 13.9. The molecular formula is C13H23NO2. The number of rotatable bonds is 0. The highest BCUT2D eigenvalue weighted by atomic mass is 16.6. The first-order valence-electron chi connectivity index (χ1n) is 6.35. The highest BCUT2D eigenvalue weighted by Gasteiger charge is 2.41. The van der Waals surface area contributed by atoms with Crippen LogP contribution >= 0.6 is 0 Å². The molecule has 1 aliphatic carbocycles. The van der Waals surface area contributed by atoms with Crippen LogP contribution in [0.5, 0.6) is 0 Å². The van der Waals surface area contributed by atoms with Gasteiger partial charge in [-0.25, -0.2) is 4.79 Å². The molecule has 0 N–H and O–H groups in total. The minimum Gasteiger partial charge on any atom is -0.444 e. The largest absolute Gasteiger partial charge is 0.444 e. The quantitative estimate of drug-likeness (QED) is 0.634. The molecule has 0 aromatic rings. The second kappa shape index (κ2) is 3.94. The Labute approximate surface area is 98.1 Å². The number of hydrogen-bond acceptors (Lipinski definition) is 2. The Morgan fingerprint density at radius 1 is 1.19 bits per heavy atom. The molecule has 2 rings (SSSR count). The smallest absolute Gasteiger partial charge is 0.410 e. The van der Waals surface area contributed by atoms with Gasteiger partial charge in [0.1, 0.15) is 5.60 Å². The van der Waals surface area contributed by atoms with E-state index < -0.39 is 0 Å². The van der Waals surface area contributed by atoms with Crippen molar-refractivity contribution in [2.24, 2.45) is 17.8 Å². The Balaban J connectivity index is 1.95. The van der Waals surface area contributed by atoms with E-state index in [4.69, 9.17) is 4.74 Å². The molecule has 92 valence electrons. The molecule has 1 aliphatic heterocycles. The summed E-state index contributed by atoms with van der Waals surface area (Å²) >= 11 is 0. The zero-order chi connectivity index (χ0) is 11.9. The molecule has 1 amide bonds. The van der Waals surface area contributed by atoms with Gasteiger partial charge in [0, 0.05) is 13.1 Å². The highest BCUT2D eigenvalue weighted by Crippen LogP contribution is 2.41. The molecule has 0 spiro atoms. The number of fused-ring (bicyclic) bond motifs is 2. The van der Waals surface area contributed by atoms with Gasteiger partial charge in [-0.3, -0.25) is 0 Å². The molecule has 1 saturated heterocycles. The molecule has 3 heteroatoms. The Bertz CT molecular complexity index is 268. The van der Waals surface area contributed by atoms with E-state index in [0.29, 0.717) is 11.8 Å². The Kier molecular flexibility index (Phi) is 2.89. The number of carbonyl (C=O) groups is 1. The predicted octanol–water partition coefficient (Wildman–Crippen LogP) is 2.90. The van der Waals surface area contributed by atoms with Crippen LogP contribution in [-0.2, 0) is 4.74 Å². The SMILES string of the molecule is C[C@H]1[C@@H]2CC[C@H]1CN(C(=O)OC(C)(C)C)C2. The number of carbonyl (C=O) groups excluding carboxylic acids is 1. The average Bonchev–Trinajstić information content (AvgIpc) is 2.38. The van der Waals surface area contributed by atoms with Crippen molar-refractivity contribution in [1.82, 2.24) is 4.90 Å². The third kappa shape index (κ3) is 2.33. The molecule has 0 radical (unpaired) electrons. The van der Waals surface area contributed by atoms with Gasteiger partial charge in [-0.1, -0.05) is 6.92 Å². The fourth-order valence-corrected chi connectivity index (χ4v) is 2.97. The van der Waals surface area contributed by atoms with E-state index in [1.165, 1.54) is 12.8 Å². The van der Waals surface area contributed by atoms with E-state index in [-0.39, 0.29) is 11.7 Å². The lowest BCUT2D eigenvalue weighted by atomic mass is 9.87. The Hall–Kier alpha value is -0.730. The molecule has 2 fully saturated rings. The van der Waals surface area contributed by atoms with Gasteiger partial charge in [-0.2, -0.15) is 0 Å². The van der Waals surface area contributed by atoms with Gasteiger partial charge in [0.2, 0.25) is 0 Å². The Morgan fingerprint density at radius 3 is 2.12 bits per heavy atom. The van der Waals surface area contributed by atoms with Crippen molar-refractivity contribution in [3.63, 3.8) is 0 Å². The van der Waals surface area contributed by atoms with E-state index >= 15 is 0 Å². The molecular weight excluding hydrogens is 202 g/mol. The summed E-state index contributed by atoms with van der Waals surface area (Å²) in [6.07, 6.45) is 2.44. The number of ether oxygens (including phenoxy) is 1. The summed E-state index contributed by atoms with van der Waals surface area (Å²) in [5, 5.41) is 0. The maximum Gasteiger partial charge on any atom is 0.410 e. The van der Waals surface area contributed by atoms with Crippen LogP contribution in [0.4, 0.5) is 4.79 Å². The van der Waals surface area contributed by atoms with Crippen LogP contribution in [0.3, 0.4) is 0 Å². The summed E-state index contributed by atoms with van der Waals surface area (Å²) < 4.78 is 5.42. The standard InChI is InChI=1S/C13H23NO2/c1-9-10-5-6-11(9)8-14(7-10)12(15)16-13(2,3)4/h9-11H,5-8H2,1-4H3/t9-,10+,11-. The van der Waals surface area contributed by atoms with Crippen molar-refractivity contribution in [1.29, 1.82) is 0 Å². The summed E-state index contributed by atoms with van der Waals surface area (Å²) in [6.45, 7) is 9.89. The molecule has 2 aliphatic rings. The lowest BCUT2D eigenvalue weighted by Gasteiger charge is -2.37. The zero-order valence-corrected chi connectivity index (χ0v) is 10.8. The van der Waals surface area contributed by atoms with Crippen molar-refractivity contribution in [2.45, 2.75) is 46.1 Å². The number of piperidine rings is 1. The summed E-state index contributed by atoms with van der Waals surface area (Å²) in [7, 11) is 0. The molecule has 0 unspecified atom stereocenters. The summed E-state index contributed by atoms with van der Waals surface area (Å²) in [6, 6.07) is 0. The van der Waals surface area contributed by atoms with Crippen molar-refractivity contribution >= 4 is 6.09 Å². The van der Waals surface area contributed by atoms with Gasteiger partial charge in [0.15, 0.2) is 0 Å². The van der Waals surface area contributed by atoms with Crippen LogP contribution in [0.2, 0.25) is 0 Å². The molecule has 1 heterocycles. The van der Waals surface area contributed by atoms with Crippen LogP contribution in [0.15, 0.2) is 0 Å². The van der Waals surface area contributed by atoms with E-state index in [1.54, 1.807) is 0 Å². The first-order chi connectivity index (χ1) is 7.37. The van der Waals surface area contributed by atoms with Gasteiger partial charge in [0.25, 0.3) is 0 Å². The molecule has 0 aromatic heterocycles. The molecule has 3 nitrogen and oxygen atoms in total. The first kappa shape index (κ1) is 11.7. The van der Waals surface area contributed by atoms with Gasteiger partial charge in [-0.05, 0) is 51.4 Å². The van der Waals surface area contributed by atoms with E-state index in [0.717, 1.165) is 19.0 Å². The van der Waals surface area contributed by atoms with Crippen molar-refractivity contribution in [3.05, 3.63) is 0 Å². The molecule has 16 heavy (non-hydrogen) atoms. The highest BCUT2D eigenvalue weighted by molar-refractivity contribution is 5.68. The van der Waals surface area contributed by atoms with Crippen LogP contribution in [-0.4, -0.2) is 29.7 Å². The first-order valence-corrected chi connectivity index (χ1v) is 6.35. The fraction of sp³-hybridized carbons (Fsp3) is 0.923. The average molecular weight is 225 g/mol. The van der Waals surface area contributed by atoms with Crippen molar-refractivity contribution in [3.8, 4) is 0 Å². The second-order valence-electron chi connectivity index (χ2n) is 6.34. The summed E-state index contributed by atoms with van der Waals surface area (Å²) in [5.74, 6) is 2.19. The minimum absolute atomic E-state index is 0.128. The van der Waals surface area contributed by atoms with Crippen molar-refractivity contribution < 1.29 is 9.53 Å². The van der Waals surface area contributed by atoms with E-state index in [1.807, 2.05) is 25.7 Å². The number of hydrogen-bond donors (Lipinski definition) is 0. The molecule has 0 aromatic carbocycles. The monoisotopic (exact) mass is 225 g/mol. The van der Waals surface area contributed by atoms with Gasteiger partial charge < -0.3 is 9.64 Å². The lowest BCUT2D eigenvalue weighted by molar-refractivity contribution is 0.00940. The predicted molar refractivity (Wildman–Crippen MR) is 63.2 cm³/mol. The van der Waals surface area contributed by atoms with Crippen LogP contribution < -0.4 is 0 Å². The third-order valence-electron chi connectivity index (χ3n) is 3.96. The topological polar surface area (TPSA) is 29.5 Å². The second-order valence-corrected chi connectivity index (χ2v) is 6.34. The molecule has 2 bridgehead atoms. The maximum atomic E-state index is 11.9. The van der Waals surface area contributed by atoms with Crippen molar-refractivity contribution in [2.75, 3.05) is 13.1 Å². The Morgan fingerprint density at radius 2 is 1.69 bits per heavy atom. The third-order valence-corrected chi connectivity index (χ3v) is 3.96. The molecule has 1 saturated carbocycles. The fourth-order valence-electron chi connectivity index (χ4n) is 2.97. The van der Waals surface area contributed by atoms with Crippen LogP contribution in [0.25, 0.3) is 0 Å². The summed E-state index contributed by atoms with van der Waals surface area (Å²) in [5.41, 5.74) is -0.376. The molecule has 3 atom stereocenters. The lowest BCUT2D eigenvalue weighted by Crippen LogP contribution is -2.46. The van der Waals surface area contributed by atoms with Gasteiger partial charge >= 0.3 is 6.09 Å². The minimum atomic E-state index is -0.376. The van der Waals surface area contributed by atoms with Gasteiger partial charge in [-0.15, -0.1) is 0 Å². The van der Waals surface area contributed by atoms with E-state index in [2.05, 4.69) is 6.92 Å². The van der Waals surface area contributed by atoms with E-state index in [9.17, 15) is 4.79 Å². The normalized spacial score (nSPS) is 34.0. The van der Waals surface area contributed by atoms with Gasteiger partial charge in [0.05, 0.1) is 0 Å². The number of amides is 1.